The van der Waals surface area contributed by atoms with Crippen molar-refractivity contribution < 1.29 is 14.3 Å². The van der Waals surface area contributed by atoms with Crippen LogP contribution in [0.15, 0.2) is 42.5 Å². The minimum absolute atomic E-state index is 0.0282. The third kappa shape index (κ3) is 4.98. The van der Waals surface area contributed by atoms with E-state index in [0.29, 0.717) is 21.4 Å². The predicted molar refractivity (Wildman–Crippen MR) is 90.2 cm³/mol. The Kier molecular flexibility index (Phi) is 6.02. The van der Waals surface area contributed by atoms with Crippen molar-refractivity contribution in [3.63, 3.8) is 0 Å². The summed E-state index contributed by atoms with van der Waals surface area (Å²) in [5.41, 5.74) is 1.30. The number of rotatable bonds is 5. The van der Waals surface area contributed by atoms with Crippen LogP contribution in [0.3, 0.4) is 0 Å². The molecule has 0 aliphatic heterocycles. The number of aryl methyl sites for hydroxylation is 1. The molecule has 6 heteroatoms. The molecule has 23 heavy (non-hydrogen) atoms. The summed E-state index contributed by atoms with van der Waals surface area (Å²) in [6.45, 7) is 2.02. The molecule has 1 amide bonds. The van der Waals surface area contributed by atoms with Gasteiger partial charge in [-0.3, -0.25) is 9.59 Å². The summed E-state index contributed by atoms with van der Waals surface area (Å²) in [7, 11) is 0. The first-order chi connectivity index (χ1) is 11.0. The smallest absolute Gasteiger partial charge is 0.313 e. The molecule has 120 valence electrons. The Morgan fingerprint density at radius 2 is 1.83 bits per heavy atom. The van der Waals surface area contributed by atoms with Crippen LogP contribution in [-0.4, -0.2) is 18.4 Å². The number of amides is 1. The Hall–Kier alpha value is -2.04. The molecule has 0 bridgehead atoms. The second-order valence-electron chi connectivity index (χ2n) is 4.89. The number of benzene rings is 2. The highest BCUT2D eigenvalue weighted by atomic mass is 35.5. The van der Waals surface area contributed by atoms with Gasteiger partial charge >= 0.3 is 5.97 Å². The zero-order chi connectivity index (χ0) is 16.8. The average molecular weight is 352 g/mol. The molecule has 0 radical (unpaired) electrons. The van der Waals surface area contributed by atoms with E-state index in [1.807, 2.05) is 13.0 Å². The van der Waals surface area contributed by atoms with Gasteiger partial charge in [-0.2, -0.15) is 0 Å². The molecule has 2 aromatic carbocycles. The molecular weight excluding hydrogens is 337 g/mol. The van der Waals surface area contributed by atoms with Crippen molar-refractivity contribution in [3.8, 4) is 5.75 Å². The summed E-state index contributed by atoms with van der Waals surface area (Å²) in [5.74, 6) is -0.497. The van der Waals surface area contributed by atoms with Gasteiger partial charge in [0.15, 0.2) is 0 Å². The summed E-state index contributed by atoms with van der Waals surface area (Å²) >= 11 is 11.9. The van der Waals surface area contributed by atoms with Crippen LogP contribution in [0.5, 0.6) is 5.75 Å². The van der Waals surface area contributed by atoms with E-state index in [-0.39, 0.29) is 18.9 Å². The molecule has 0 aliphatic carbocycles. The number of carbonyl (C=O) groups is 2. The van der Waals surface area contributed by atoms with Crippen molar-refractivity contribution in [2.24, 2.45) is 0 Å². The standard InChI is InChI=1S/C17H15Cl2NO3/c1-11-6-7-14(19)15(10-11)23-16(21)8-9-20-17(22)12-4-2-3-5-13(12)18/h2-7,10H,8-9H2,1H3,(H,20,22). The number of esters is 1. The number of ether oxygens (including phenoxy) is 1. The molecule has 0 aromatic heterocycles. The lowest BCUT2D eigenvalue weighted by molar-refractivity contribution is -0.134. The van der Waals surface area contributed by atoms with Crippen LogP contribution in [0.4, 0.5) is 0 Å². The largest absolute Gasteiger partial charge is 0.425 e. The minimum Gasteiger partial charge on any atom is -0.425 e. The molecule has 2 rings (SSSR count). The van der Waals surface area contributed by atoms with Gasteiger partial charge in [0.1, 0.15) is 5.75 Å². The number of nitrogens with one attached hydrogen (secondary N) is 1. The molecule has 0 fully saturated rings. The van der Waals surface area contributed by atoms with Crippen molar-refractivity contribution >= 4 is 35.1 Å². The third-order valence-electron chi connectivity index (χ3n) is 3.04. The van der Waals surface area contributed by atoms with Gasteiger partial charge in [-0.05, 0) is 36.8 Å². The molecule has 4 nitrogen and oxygen atoms in total. The van der Waals surface area contributed by atoms with E-state index >= 15 is 0 Å². The lowest BCUT2D eigenvalue weighted by Crippen LogP contribution is -2.27. The van der Waals surface area contributed by atoms with Crippen molar-refractivity contribution in [3.05, 3.63) is 63.6 Å². The minimum atomic E-state index is -0.475. The van der Waals surface area contributed by atoms with E-state index in [0.717, 1.165) is 5.56 Å². The Labute approximate surface area is 144 Å². The Morgan fingerprint density at radius 3 is 2.57 bits per heavy atom. The molecule has 0 saturated carbocycles. The van der Waals surface area contributed by atoms with Crippen LogP contribution >= 0.6 is 23.2 Å². The van der Waals surface area contributed by atoms with E-state index in [4.69, 9.17) is 27.9 Å². The highest BCUT2D eigenvalue weighted by Crippen LogP contribution is 2.25. The third-order valence-corrected chi connectivity index (χ3v) is 3.69. The van der Waals surface area contributed by atoms with Crippen molar-refractivity contribution in [2.45, 2.75) is 13.3 Å². The van der Waals surface area contributed by atoms with Crippen molar-refractivity contribution in [2.75, 3.05) is 6.54 Å². The zero-order valence-corrected chi connectivity index (χ0v) is 13.9. The van der Waals surface area contributed by atoms with Gasteiger partial charge in [0.05, 0.1) is 22.0 Å². The van der Waals surface area contributed by atoms with Gasteiger partial charge in [-0.25, -0.2) is 0 Å². The second-order valence-corrected chi connectivity index (χ2v) is 5.71. The van der Waals surface area contributed by atoms with E-state index in [1.54, 1.807) is 36.4 Å². The monoisotopic (exact) mass is 351 g/mol. The van der Waals surface area contributed by atoms with E-state index < -0.39 is 5.97 Å². The number of hydrogen-bond acceptors (Lipinski definition) is 3. The van der Waals surface area contributed by atoms with Gasteiger partial charge in [-0.15, -0.1) is 0 Å². The van der Waals surface area contributed by atoms with Gasteiger partial charge in [0, 0.05) is 6.54 Å². The topological polar surface area (TPSA) is 55.4 Å². The zero-order valence-electron chi connectivity index (χ0n) is 12.4. The van der Waals surface area contributed by atoms with Gasteiger partial charge in [0.2, 0.25) is 0 Å². The second kappa shape index (κ2) is 7.99. The van der Waals surface area contributed by atoms with Gasteiger partial charge in [0.25, 0.3) is 5.91 Å². The lowest BCUT2D eigenvalue weighted by Gasteiger charge is -2.08. The Balaban J connectivity index is 1.84. The highest BCUT2D eigenvalue weighted by Gasteiger charge is 2.12. The fourth-order valence-electron chi connectivity index (χ4n) is 1.88. The molecule has 1 N–H and O–H groups in total. The fourth-order valence-corrected chi connectivity index (χ4v) is 2.26. The number of carbonyl (C=O) groups excluding carboxylic acids is 2. The maximum atomic E-state index is 11.9. The van der Waals surface area contributed by atoms with Gasteiger partial charge in [-0.1, -0.05) is 41.4 Å². The molecule has 0 heterocycles. The molecule has 0 saturated heterocycles. The normalized spacial score (nSPS) is 10.2. The quantitative estimate of drug-likeness (QED) is 0.653. The lowest BCUT2D eigenvalue weighted by atomic mass is 10.2. The molecule has 2 aromatic rings. The van der Waals surface area contributed by atoms with Crippen molar-refractivity contribution in [1.29, 1.82) is 0 Å². The number of halogens is 2. The van der Waals surface area contributed by atoms with Gasteiger partial charge < -0.3 is 10.1 Å². The highest BCUT2D eigenvalue weighted by molar-refractivity contribution is 6.33. The van der Waals surface area contributed by atoms with E-state index in [2.05, 4.69) is 5.32 Å². The van der Waals surface area contributed by atoms with Crippen LogP contribution in [0, 0.1) is 6.92 Å². The van der Waals surface area contributed by atoms with Crippen LogP contribution in [-0.2, 0) is 4.79 Å². The summed E-state index contributed by atoms with van der Waals surface area (Å²) in [6.07, 6.45) is 0.0282. The molecular formula is C17H15Cl2NO3. The van der Waals surface area contributed by atoms with Crippen LogP contribution < -0.4 is 10.1 Å². The number of hydrogen-bond donors (Lipinski definition) is 1. The van der Waals surface area contributed by atoms with Crippen LogP contribution in [0.1, 0.15) is 22.3 Å². The average Bonchev–Trinajstić information content (AvgIpc) is 2.51. The predicted octanol–water partition coefficient (Wildman–Crippen LogP) is 4.03. The Morgan fingerprint density at radius 1 is 1.09 bits per heavy atom. The van der Waals surface area contributed by atoms with Crippen molar-refractivity contribution in [1.82, 2.24) is 5.32 Å². The first-order valence-corrected chi connectivity index (χ1v) is 7.72. The molecule has 0 unspecified atom stereocenters. The summed E-state index contributed by atoms with van der Waals surface area (Å²) in [4.78, 5) is 23.7. The van der Waals surface area contributed by atoms with Crippen LogP contribution in [0.2, 0.25) is 10.0 Å². The SMILES string of the molecule is Cc1ccc(Cl)c(OC(=O)CCNC(=O)c2ccccc2Cl)c1. The first kappa shape index (κ1) is 17.3. The summed E-state index contributed by atoms with van der Waals surface area (Å²) < 4.78 is 5.19. The summed E-state index contributed by atoms with van der Waals surface area (Å²) in [6, 6.07) is 11.9. The van der Waals surface area contributed by atoms with E-state index in [9.17, 15) is 9.59 Å². The van der Waals surface area contributed by atoms with E-state index in [1.165, 1.54) is 0 Å². The maximum Gasteiger partial charge on any atom is 0.313 e. The fraction of sp³-hybridized carbons (Fsp3) is 0.176. The molecule has 0 atom stereocenters. The van der Waals surface area contributed by atoms with Crippen LogP contribution in [0.25, 0.3) is 0 Å². The summed E-state index contributed by atoms with van der Waals surface area (Å²) in [5, 5.41) is 3.35. The maximum absolute atomic E-state index is 11.9. The molecule has 0 spiro atoms. The Bertz CT molecular complexity index is 732. The molecule has 0 aliphatic rings. The first-order valence-electron chi connectivity index (χ1n) is 6.97.